The number of carbonyl (C=O) groups is 2. The maximum atomic E-state index is 12.5. The Hall–Kier alpha value is -2.33. The Kier molecular flexibility index (Phi) is 5.77. The average Bonchev–Trinajstić information content (AvgIpc) is 2.57. The van der Waals surface area contributed by atoms with Gasteiger partial charge in [0.25, 0.3) is 11.8 Å². The summed E-state index contributed by atoms with van der Waals surface area (Å²) >= 11 is 5.83. The highest BCUT2D eigenvalue weighted by atomic mass is 35.5. The van der Waals surface area contributed by atoms with Gasteiger partial charge in [0.2, 0.25) is 0 Å². The van der Waals surface area contributed by atoms with Crippen molar-refractivity contribution in [3.63, 3.8) is 0 Å². The zero-order valence-corrected chi connectivity index (χ0v) is 13.9. The first-order valence-electron chi connectivity index (χ1n) is 7.52. The number of para-hydroxylation sites is 1. The van der Waals surface area contributed by atoms with Gasteiger partial charge in [-0.15, -0.1) is 0 Å². The third-order valence-electron chi connectivity index (χ3n) is 3.56. The van der Waals surface area contributed by atoms with E-state index in [1.165, 1.54) is 0 Å². The van der Waals surface area contributed by atoms with E-state index >= 15 is 0 Å². The van der Waals surface area contributed by atoms with Crippen molar-refractivity contribution < 1.29 is 9.59 Å². The minimum absolute atomic E-state index is 0.0954. The predicted molar refractivity (Wildman–Crippen MR) is 93.1 cm³/mol. The molecule has 1 N–H and O–H groups in total. The van der Waals surface area contributed by atoms with E-state index < -0.39 is 0 Å². The number of nitrogens with zero attached hydrogens (tertiary/aromatic N) is 1. The van der Waals surface area contributed by atoms with Crippen LogP contribution in [0.4, 0.5) is 5.69 Å². The van der Waals surface area contributed by atoms with Gasteiger partial charge in [-0.2, -0.15) is 0 Å². The van der Waals surface area contributed by atoms with Crippen molar-refractivity contribution in [3.8, 4) is 0 Å². The molecule has 2 aromatic rings. The smallest absolute Gasteiger partial charge is 0.255 e. The summed E-state index contributed by atoms with van der Waals surface area (Å²) in [5, 5.41) is 3.37. The number of amides is 2. The predicted octanol–water partition coefficient (Wildman–Crippen LogP) is 4.07. The van der Waals surface area contributed by atoms with Crippen LogP contribution in [0.2, 0.25) is 5.02 Å². The molecule has 0 spiro atoms. The second kappa shape index (κ2) is 7.79. The Morgan fingerprint density at radius 3 is 2.22 bits per heavy atom. The summed E-state index contributed by atoms with van der Waals surface area (Å²) in [6.07, 6.45) is 0. The molecule has 0 saturated heterocycles. The van der Waals surface area contributed by atoms with Crippen LogP contribution in [0, 0.1) is 0 Å². The largest absolute Gasteiger partial charge is 0.339 e. The molecule has 120 valence electrons. The summed E-state index contributed by atoms with van der Waals surface area (Å²) in [6.45, 7) is 5.09. The van der Waals surface area contributed by atoms with Crippen LogP contribution in [0.5, 0.6) is 0 Å². The van der Waals surface area contributed by atoms with Crippen LogP contribution < -0.4 is 5.32 Å². The fraction of sp³-hybridized carbons (Fsp3) is 0.222. The third-order valence-corrected chi connectivity index (χ3v) is 3.81. The molecule has 0 bridgehead atoms. The van der Waals surface area contributed by atoms with Crippen molar-refractivity contribution in [1.82, 2.24) is 4.90 Å². The second-order valence-electron chi connectivity index (χ2n) is 4.98. The maximum Gasteiger partial charge on any atom is 0.255 e. The summed E-state index contributed by atoms with van der Waals surface area (Å²) in [4.78, 5) is 26.6. The van der Waals surface area contributed by atoms with Crippen LogP contribution in [0.25, 0.3) is 0 Å². The fourth-order valence-corrected chi connectivity index (χ4v) is 2.38. The molecule has 5 heteroatoms. The molecule has 0 unspecified atom stereocenters. The average molecular weight is 331 g/mol. The number of rotatable bonds is 5. The van der Waals surface area contributed by atoms with Gasteiger partial charge in [0.05, 0.1) is 11.3 Å². The van der Waals surface area contributed by atoms with E-state index in [-0.39, 0.29) is 11.8 Å². The van der Waals surface area contributed by atoms with Crippen LogP contribution in [-0.2, 0) is 0 Å². The van der Waals surface area contributed by atoms with E-state index in [0.29, 0.717) is 34.9 Å². The van der Waals surface area contributed by atoms with E-state index in [9.17, 15) is 9.59 Å². The van der Waals surface area contributed by atoms with E-state index in [1.54, 1.807) is 53.4 Å². The second-order valence-corrected chi connectivity index (χ2v) is 5.42. The lowest BCUT2D eigenvalue weighted by atomic mass is 10.1. The summed E-state index contributed by atoms with van der Waals surface area (Å²) in [5.74, 6) is -0.372. The molecule has 0 radical (unpaired) electrons. The lowest BCUT2D eigenvalue weighted by molar-refractivity contribution is 0.0774. The lowest BCUT2D eigenvalue weighted by Crippen LogP contribution is -2.31. The van der Waals surface area contributed by atoms with Crippen LogP contribution in [0.1, 0.15) is 34.6 Å². The lowest BCUT2D eigenvalue weighted by Gasteiger charge is -2.20. The number of hydrogen-bond donors (Lipinski definition) is 1. The summed E-state index contributed by atoms with van der Waals surface area (Å²) in [6, 6.07) is 13.6. The SMILES string of the molecule is CCN(CC)C(=O)c1ccccc1NC(=O)c1ccc(Cl)cc1. The summed E-state index contributed by atoms with van der Waals surface area (Å²) in [7, 11) is 0. The third kappa shape index (κ3) is 4.11. The number of carbonyl (C=O) groups excluding carboxylic acids is 2. The summed E-state index contributed by atoms with van der Waals surface area (Å²) < 4.78 is 0. The molecule has 0 fully saturated rings. The Morgan fingerprint density at radius 1 is 1.00 bits per heavy atom. The first-order chi connectivity index (χ1) is 11.1. The van der Waals surface area contributed by atoms with Gasteiger partial charge in [-0.25, -0.2) is 0 Å². The van der Waals surface area contributed by atoms with Gasteiger partial charge in [-0.05, 0) is 50.2 Å². The van der Waals surface area contributed by atoms with E-state index in [1.807, 2.05) is 13.8 Å². The molecular weight excluding hydrogens is 312 g/mol. The van der Waals surface area contributed by atoms with Crippen molar-refractivity contribution >= 4 is 29.1 Å². The topological polar surface area (TPSA) is 49.4 Å². The zero-order chi connectivity index (χ0) is 16.8. The molecule has 2 aromatic carbocycles. The summed E-state index contributed by atoms with van der Waals surface area (Å²) in [5.41, 5.74) is 1.47. The van der Waals surface area contributed by atoms with Gasteiger partial charge >= 0.3 is 0 Å². The number of nitrogens with one attached hydrogen (secondary N) is 1. The van der Waals surface area contributed by atoms with Gasteiger partial charge in [-0.3, -0.25) is 9.59 Å². The molecule has 0 aliphatic rings. The molecule has 0 saturated carbocycles. The molecule has 23 heavy (non-hydrogen) atoms. The van der Waals surface area contributed by atoms with Gasteiger partial charge < -0.3 is 10.2 Å². The zero-order valence-electron chi connectivity index (χ0n) is 13.2. The molecule has 2 rings (SSSR count). The van der Waals surface area contributed by atoms with Gasteiger partial charge in [0, 0.05) is 23.7 Å². The van der Waals surface area contributed by atoms with Crippen molar-refractivity contribution in [2.24, 2.45) is 0 Å². The van der Waals surface area contributed by atoms with Crippen LogP contribution in [0.15, 0.2) is 48.5 Å². The first-order valence-corrected chi connectivity index (χ1v) is 7.89. The molecular formula is C18H19ClN2O2. The highest BCUT2D eigenvalue weighted by molar-refractivity contribution is 6.30. The molecule has 0 aliphatic heterocycles. The normalized spacial score (nSPS) is 10.2. The first kappa shape index (κ1) is 17.0. The number of anilines is 1. The van der Waals surface area contributed by atoms with Crippen molar-refractivity contribution in [1.29, 1.82) is 0 Å². The number of hydrogen-bond acceptors (Lipinski definition) is 2. The van der Waals surface area contributed by atoms with E-state index in [2.05, 4.69) is 5.32 Å². The monoisotopic (exact) mass is 330 g/mol. The van der Waals surface area contributed by atoms with E-state index in [0.717, 1.165) is 0 Å². The number of halogens is 1. The minimum atomic E-state index is -0.276. The Bertz CT molecular complexity index is 694. The molecule has 2 amide bonds. The standard InChI is InChI=1S/C18H19ClN2O2/c1-3-21(4-2)18(23)15-7-5-6-8-16(15)20-17(22)13-9-11-14(19)12-10-13/h5-12H,3-4H2,1-2H3,(H,20,22). The Labute approximate surface area is 141 Å². The van der Waals surface area contributed by atoms with Gasteiger partial charge in [0.1, 0.15) is 0 Å². The molecule has 0 aromatic heterocycles. The number of benzene rings is 2. The molecule has 4 nitrogen and oxygen atoms in total. The van der Waals surface area contributed by atoms with Crippen LogP contribution in [-0.4, -0.2) is 29.8 Å². The minimum Gasteiger partial charge on any atom is -0.339 e. The maximum absolute atomic E-state index is 12.5. The Balaban J connectivity index is 2.25. The van der Waals surface area contributed by atoms with Crippen LogP contribution >= 0.6 is 11.6 Å². The van der Waals surface area contributed by atoms with E-state index in [4.69, 9.17) is 11.6 Å². The van der Waals surface area contributed by atoms with Gasteiger partial charge in [-0.1, -0.05) is 23.7 Å². The Morgan fingerprint density at radius 2 is 1.61 bits per heavy atom. The van der Waals surface area contributed by atoms with Crippen molar-refractivity contribution in [3.05, 3.63) is 64.7 Å². The fourth-order valence-electron chi connectivity index (χ4n) is 2.26. The van der Waals surface area contributed by atoms with Crippen molar-refractivity contribution in [2.45, 2.75) is 13.8 Å². The highest BCUT2D eigenvalue weighted by Gasteiger charge is 2.17. The molecule has 0 heterocycles. The van der Waals surface area contributed by atoms with Crippen LogP contribution in [0.3, 0.4) is 0 Å². The molecule has 0 aliphatic carbocycles. The highest BCUT2D eigenvalue weighted by Crippen LogP contribution is 2.19. The van der Waals surface area contributed by atoms with Gasteiger partial charge in [0.15, 0.2) is 0 Å². The quantitative estimate of drug-likeness (QED) is 0.898. The molecule has 0 atom stereocenters. The van der Waals surface area contributed by atoms with Crippen molar-refractivity contribution in [2.75, 3.05) is 18.4 Å².